The van der Waals surface area contributed by atoms with E-state index < -0.39 is 11.9 Å². The van der Waals surface area contributed by atoms with E-state index in [-0.39, 0.29) is 39.6 Å². The van der Waals surface area contributed by atoms with Crippen molar-refractivity contribution >= 4 is 45.0 Å². The van der Waals surface area contributed by atoms with Crippen LogP contribution in [0.15, 0.2) is 73.1 Å². The number of nitrogens with two attached hydrogens (primary N) is 2. The van der Waals surface area contributed by atoms with Gasteiger partial charge in [-0.25, -0.2) is 14.6 Å². The molecule has 2 aliphatic rings. The quantitative estimate of drug-likeness (QED) is 0.109. The number of aromatic nitrogens is 6. The Morgan fingerprint density at radius 1 is 0.964 bits per heavy atom. The van der Waals surface area contributed by atoms with Crippen LogP contribution >= 0.6 is 11.6 Å². The van der Waals surface area contributed by atoms with Crippen molar-refractivity contribution in [2.75, 3.05) is 44.5 Å². The number of ether oxygens (including phenoxy) is 4. The van der Waals surface area contributed by atoms with Crippen molar-refractivity contribution in [3.63, 3.8) is 0 Å². The normalized spacial score (nSPS) is 18.1. The third-order valence-electron chi connectivity index (χ3n) is 8.69. The molecule has 2 fully saturated rings. The molecule has 2 aliphatic heterocycles. The van der Waals surface area contributed by atoms with Gasteiger partial charge in [-0.2, -0.15) is 10.2 Å². The highest BCUT2D eigenvalue weighted by molar-refractivity contribution is 6.35. The van der Waals surface area contributed by atoms with E-state index in [0.29, 0.717) is 34.5 Å². The van der Waals surface area contributed by atoms with Crippen LogP contribution in [-0.2, 0) is 14.2 Å². The van der Waals surface area contributed by atoms with Crippen molar-refractivity contribution in [1.82, 2.24) is 29.9 Å². The van der Waals surface area contributed by atoms with Gasteiger partial charge in [-0.05, 0) is 69.5 Å². The number of fused-ring (bicyclic) bond motifs is 2. The minimum atomic E-state index is -0.936. The van der Waals surface area contributed by atoms with Crippen molar-refractivity contribution in [2.24, 2.45) is 0 Å². The van der Waals surface area contributed by atoms with Crippen LogP contribution in [0.1, 0.15) is 46.8 Å². The van der Waals surface area contributed by atoms with Crippen molar-refractivity contribution < 1.29 is 34.3 Å². The Labute approximate surface area is 324 Å². The molecule has 8 N–H and O–H groups in total. The number of aromatic amines is 1. The molecule has 0 radical (unpaired) electrons. The molecule has 6 heterocycles. The molecule has 0 bridgehead atoms. The Bertz CT molecular complexity index is 2140. The van der Waals surface area contributed by atoms with Crippen LogP contribution in [0, 0.1) is 0 Å². The highest BCUT2D eigenvalue weighted by Crippen LogP contribution is 2.33. The lowest BCUT2D eigenvalue weighted by molar-refractivity contribution is -0.142. The molecule has 0 amide bonds. The minimum absolute atomic E-state index is 0. The predicted octanol–water partition coefficient (Wildman–Crippen LogP) is 5.74. The van der Waals surface area contributed by atoms with Gasteiger partial charge in [-0.1, -0.05) is 37.2 Å². The molecular formula is C39H49ClN8O7. The number of hydrogen-bond donors (Lipinski definition) is 6. The number of H-pyrrole nitrogens is 1. The van der Waals surface area contributed by atoms with Gasteiger partial charge in [0.1, 0.15) is 36.2 Å². The molecular weight excluding hydrogens is 728 g/mol. The third kappa shape index (κ3) is 10.5. The second kappa shape index (κ2) is 18.6. The summed E-state index contributed by atoms with van der Waals surface area (Å²) in [7, 11) is 0. The van der Waals surface area contributed by atoms with Gasteiger partial charge >= 0.3 is 0 Å². The summed E-state index contributed by atoms with van der Waals surface area (Å²) in [6.07, 6.45) is 5.68. The summed E-state index contributed by atoms with van der Waals surface area (Å²) in [4.78, 5) is 8.69. The maximum absolute atomic E-state index is 9.40. The van der Waals surface area contributed by atoms with Crippen molar-refractivity contribution in [1.29, 1.82) is 0 Å². The zero-order valence-electron chi connectivity index (χ0n) is 30.1. The van der Waals surface area contributed by atoms with E-state index in [0.717, 1.165) is 64.7 Å². The summed E-state index contributed by atoms with van der Waals surface area (Å²) in [6, 6.07) is 18.8. The van der Waals surface area contributed by atoms with Crippen LogP contribution in [0.5, 0.6) is 5.75 Å². The number of nitrogen functional groups attached to an aromatic ring is 2. The average Bonchev–Trinajstić information content (AvgIpc) is 3.96. The SMILES string of the molecule is C.CC1(C)OC[C@@H](CO)O1.Nc1cc(Cl)c2ccc(-c3ccnn3C3CCCCO3)cc2n1.Nc1cc(OC[C@@H](O)CO)c2ccc(-c3ccn[nH]3)cc2n1. The van der Waals surface area contributed by atoms with Gasteiger partial charge in [0.05, 0.1) is 47.3 Å². The lowest BCUT2D eigenvalue weighted by Crippen LogP contribution is -2.22. The topological polar surface area (TPSA) is 222 Å². The Morgan fingerprint density at radius 2 is 1.69 bits per heavy atom. The summed E-state index contributed by atoms with van der Waals surface area (Å²) >= 11 is 6.24. The summed E-state index contributed by atoms with van der Waals surface area (Å²) in [6.45, 7) is 4.63. The second-order valence-corrected chi connectivity index (χ2v) is 13.7. The fourth-order valence-electron chi connectivity index (χ4n) is 6.06. The number of rotatable bonds is 8. The molecule has 8 rings (SSSR count). The number of nitrogens with zero attached hydrogens (tertiary/aromatic N) is 5. The zero-order valence-corrected chi connectivity index (χ0v) is 30.8. The van der Waals surface area contributed by atoms with Crippen LogP contribution in [0.3, 0.4) is 0 Å². The Hall–Kier alpha value is -4.87. The number of hydrogen-bond acceptors (Lipinski definition) is 13. The third-order valence-corrected chi connectivity index (χ3v) is 9.00. The van der Waals surface area contributed by atoms with Crippen LogP contribution < -0.4 is 16.2 Å². The molecule has 294 valence electrons. The van der Waals surface area contributed by atoms with E-state index in [1.807, 2.05) is 67.1 Å². The summed E-state index contributed by atoms with van der Waals surface area (Å²) in [5, 5.41) is 40.4. The standard InChI is InChI=1S/C17H17ClN4O.C15H16N4O3.C6H12O3.CH4/c18-13-10-16(19)21-14-9-11(4-5-12(13)14)15-6-7-20-22(15)17-3-1-2-8-23-17;16-15-6-14(22-8-10(21)7-20)11-2-1-9(5-13(11)18-15)12-3-4-17-19-12;1-6(2)8-4-5(3-7)9-6;/h4-7,9-10,17H,1-3,8H2,(H2,19,21);1-6,10,20-21H,7-8H2,(H2,16,18)(H,17,19);5,7H,3-4H2,1-2H3;1H4/t;10-;5-;/m.01./s1. The minimum Gasteiger partial charge on any atom is -0.490 e. The monoisotopic (exact) mass is 776 g/mol. The first-order valence-corrected chi connectivity index (χ1v) is 18.0. The van der Waals surface area contributed by atoms with E-state index in [1.165, 1.54) is 0 Å². The molecule has 1 unspecified atom stereocenters. The molecule has 0 aliphatic carbocycles. The van der Waals surface area contributed by atoms with E-state index in [2.05, 4.69) is 25.3 Å². The van der Waals surface area contributed by atoms with Gasteiger partial charge in [0.25, 0.3) is 0 Å². The summed E-state index contributed by atoms with van der Waals surface area (Å²) in [5.41, 5.74) is 16.9. The lowest BCUT2D eigenvalue weighted by Gasteiger charge is -2.24. The molecule has 3 atom stereocenters. The van der Waals surface area contributed by atoms with E-state index in [4.69, 9.17) is 52.2 Å². The number of pyridine rings is 2. The van der Waals surface area contributed by atoms with Crippen LogP contribution in [-0.4, -0.2) is 96.3 Å². The average molecular weight is 777 g/mol. The van der Waals surface area contributed by atoms with Crippen molar-refractivity contribution in [3.8, 4) is 28.3 Å². The number of aliphatic hydroxyl groups excluding tert-OH is 3. The molecule has 15 nitrogen and oxygen atoms in total. The van der Waals surface area contributed by atoms with E-state index in [1.54, 1.807) is 24.5 Å². The van der Waals surface area contributed by atoms with Crippen molar-refractivity contribution in [2.45, 2.75) is 64.8 Å². The zero-order chi connectivity index (χ0) is 38.2. The van der Waals surface area contributed by atoms with E-state index >= 15 is 0 Å². The highest BCUT2D eigenvalue weighted by atomic mass is 35.5. The van der Waals surface area contributed by atoms with Crippen LogP contribution in [0.4, 0.5) is 11.6 Å². The number of benzene rings is 2. The van der Waals surface area contributed by atoms with Gasteiger partial charge in [0.15, 0.2) is 12.0 Å². The molecule has 16 heteroatoms. The van der Waals surface area contributed by atoms with Crippen LogP contribution in [0.25, 0.3) is 44.3 Å². The first-order chi connectivity index (χ1) is 26.0. The largest absolute Gasteiger partial charge is 0.490 e. The van der Waals surface area contributed by atoms with Gasteiger partial charge in [0.2, 0.25) is 0 Å². The number of nitrogens with one attached hydrogen (secondary N) is 1. The van der Waals surface area contributed by atoms with Crippen LogP contribution in [0.2, 0.25) is 5.02 Å². The highest BCUT2D eigenvalue weighted by Gasteiger charge is 2.31. The van der Waals surface area contributed by atoms with Gasteiger partial charge in [0, 0.05) is 47.0 Å². The summed E-state index contributed by atoms with van der Waals surface area (Å²) < 4.78 is 23.7. The van der Waals surface area contributed by atoms with E-state index in [9.17, 15) is 5.11 Å². The second-order valence-electron chi connectivity index (χ2n) is 13.3. The molecule has 2 saturated heterocycles. The van der Waals surface area contributed by atoms with Gasteiger partial charge < -0.3 is 45.7 Å². The number of anilines is 2. The number of halogens is 1. The maximum atomic E-state index is 9.40. The fourth-order valence-corrected chi connectivity index (χ4v) is 6.34. The molecule has 4 aromatic heterocycles. The predicted molar refractivity (Wildman–Crippen MR) is 212 cm³/mol. The first kappa shape index (κ1) is 41.3. The molecule has 6 aromatic rings. The number of aliphatic hydroxyl groups is 3. The van der Waals surface area contributed by atoms with Gasteiger partial charge in [-0.3, -0.25) is 5.10 Å². The Balaban J connectivity index is 0.000000171. The smallest absolute Gasteiger partial charge is 0.163 e. The Kier molecular flexibility index (Phi) is 14.0. The molecule has 0 spiro atoms. The molecule has 55 heavy (non-hydrogen) atoms. The fraction of sp³-hybridized carbons (Fsp3) is 0.385. The van der Waals surface area contributed by atoms with Crippen molar-refractivity contribution in [3.05, 3.63) is 78.1 Å². The lowest BCUT2D eigenvalue weighted by atomic mass is 10.1. The Morgan fingerprint density at radius 3 is 2.35 bits per heavy atom. The first-order valence-electron chi connectivity index (χ1n) is 17.6. The maximum Gasteiger partial charge on any atom is 0.163 e. The molecule has 2 aromatic carbocycles. The summed E-state index contributed by atoms with van der Waals surface area (Å²) in [5.74, 6) is 0.769. The molecule has 0 saturated carbocycles. The van der Waals surface area contributed by atoms with Gasteiger partial charge in [-0.15, -0.1) is 0 Å².